The molecule has 10 heavy (non-hydrogen) atoms. The van der Waals surface area contributed by atoms with E-state index >= 15 is 0 Å². The highest BCUT2D eigenvalue weighted by Crippen LogP contribution is 2.39. The van der Waals surface area contributed by atoms with E-state index in [0.29, 0.717) is 0 Å². The highest BCUT2D eigenvalue weighted by atomic mass is 127. The van der Waals surface area contributed by atoms with Gasteiger partial charge in [0.15, 0.2) is 0 Å². The van der Waals surface area contributed by atoms with Crippen molar-refractivity contribution in [3.8, 4) is 0 Å². The summed E-state index contributed by atoms with van der Waals surface area (Å²) in [6.45, 7) is 0. The van der Waals surface area contributed by atoms with Crippen LogP contribution in [0.3, 0.4) is 0 Å². The topological polar surface area (TPSA) is 52.0 Å². The molecule has 2 atom stereocenters. The van der Waals surface area contributed by atoms with E-state index in [9.17, 15) is 0 Å². The van der Waals surface area contributed by atoms with Crippen LogP contribution in [0.2, 0.25) is 0 Å². The first kappa shape index (κ1) is 9.21. The summed E-state index contributed by atoms with van der Waals surface area (Å²) < 4.78 is -0.555. The van der Waals surface area contributed by atoms with Gasteiger partial charge in [-0.3, -0.25) is 0 Å². The molecule has 0 aromatic rings. The first-order valence-corrected chi connectivity index (χ1v) is 5.22. The van der Waals surface area contributed by atoms with E-state index < -0.39 is 0 Å². The Balaban J connectivity index is 2.84. The lowest BCUT2D eigenvalue weighted by Crippen LogP contribution is -2.58. The molecule has 1 aliphatic rings. The number of halogens is 2. The van der Waals surface area contributed by atoms with Gasteiger partial charge in [-0.15, -0.1) is 0 Å². The molecule has 0 bridgehead atoms. The van der Waals surface area contributed by atoms with Gasteiger partial charge in [-0.1, -0.05) is 57.3 Å². The average Bonchev–Trinajstić information content (AvgIpc) is 1.77. The summed E-state index contributed by atoms with van der Waals surface area (Å²) in [5.41, 5.74) is 11.9. The van der Waals surface area contributed by atoms with Crippen LogP contribution in [0.5, 0.6) is 0 Å². The molecular weight excluding hydrogens is 354 g/mol. The van der Waals surface area contributed by atoms with Crippen LogP contribution in [0.25, 0.3) is 0 Å². The van der Waals surface area contributed by atoms with E-state index in [2.05, 4.69) is 57.3 Å². The summed E-state index contributed by atoms with van der Waals surface area (Å²) >= 11 is 4.46. The Labute approximate surface area is 88.1 Å². The first-order chi connectivity index (χ1) is 4.46. The van der Waals surface area contributed by atoms with E-state index in [1.54, 1.807) is 0 Å². The van der Waals surface area contributed by atoms with Crippen molar-refractivity contribution in [1.29, 1.82) is 0 Å². The lowest BCUT2D eigenvalue weighted by Gasteiger charge is -2.38. The fourth-order valence-electron chi connectivity index (χ4n) is 0.849. The second kappa shape index (κ2) is 2.87. The van der Waals surface area contributed by atoms with Gasteiger partial charge in [0.1, 0.15) is 0 Å². The third-order valence-corrected chi connectivity index (χ3v) is 5.53. The smallest absolute Gasteiger partial charge is 0.0992 e. The summed E-state index contributed by atoms with van der Waals surface area (Å²) in [6.07, 6.45) is 5.92. The Bertz CT molecular complexity index is 145. The minimum absolute atomic E-state index is 0.278. The van der Waals surface area contributed by atoms with E-state index in [1.807, 2.05) is 0 Å². The van der Waals surface area contributed by atoms with Gasteiger partial charge >= 0.3 is 0 Å². The molecule has 4 heteroatoms. The zero-order valence-electron chi connectivity index (χ0n) is 5.48. The third-order valence-electron chi connectivity index (χ3n) is 1.69. The molecule has 0 aromatic heterocycles. The monoisotopic (exact) mass is 364 g/mol. The van der Waals surface area contributed by atoms with Crippen LogP contribution in [-0.4, -0.2) is 7.09 Å². The van der Waals surface area contributed by atoms with E-state index in [1.165, 1.54) is 0 Å². The predicted octanol–water partition coefficient (Wildman–Crippen LogP) is 1.52. The van der Waals surface area contributed by atoms with Gasteiger partial charge in [0.05, 0.1) is 7.09 Å². The normalized spacial score (nSPS) is 47.6. The molecule has 0 saturated heterocycles. The van der Waals surface area contributed by atoms with Gasteiger partial charge in [0.25, 0.3) is 0 Å². The zero-order valence-corrected chi connectivity index (χ0v) is 9.79. The highest BCUT2D eigenvalue weighted by Gasteiger charge is 2.41. The van der Waals surface area contributed by atoms with Gasteiger partial charge in [0, 0.05) is 0 Å². The molecule has 4 N–H and O–H groups in total. The van der Waals surface area contributed by atoms with Crippen molar-refractivity contribution in [3.05, 3.63) is 12.2 Å². The van der Waals surface area contributed by atoms with Gasteiger partial charge < -0.3 is 11.5 Å². The maximum atomic E-state index is 5.96. The van der Waals surface area contributed by atoms with Crippen molar-refractivity contribution in [2.45, 2.75) is 19.9 Å². The maximum Gasteiger partial charge on any atom is 0.0992 e. The van der Waals surface area contributed by atoms with Crippen LogP contribution in [0, 0.1) is 0 Å². The van der Waals surface area contributed by atoms with Gasteiger partial charge in [-0.05, 0) is 12.8 Å². The molecule has 0 unspecified atom stereocenters. The van der Waals surface area contributed by atoms with E-state index in [-0.39, 0.29) is 7.09 Å². The van der Waals surface area contributed by atoms with Crippen LogP contribution in [0.1, 0.15) is 12.8 Å². The number of alkyl halides is 2. The van der Waals surface area contributed by atoms with Crippen molar-refractivity contribution in [3.63, 3.8) is 0 Å². The van der Waals surface area contributed by atoms with Crippen molar-refractivity contribution in [2.75, 3.05) is 0 Å². The number of hydrogen-bond acceptors (Lipinski definition) is 2. The van der Waals surface area contributed by atoms with Crippen molar-refractivity contribution in [2.24, 2.45) is 11.5 Å². The van der Waals surface area contributed by atoms with Gasteiger partial charge in [-0.25, -0.2) is 0 Å². The highest BCUT2D eigenvalue weighted by molar-refractivity contribution is 14.1. The van der Waals surface area contributed by atoms with Crippen molar-refractivity contribution < 1.29 is 0 Å². The SMILES string of the molecule is N[C@]1(I)CC=CC[C@]1(N)I. The van der Waals surface area contributed by atoms with Crippen LogP contribution in [-0.2, 0) is 0 Å². The number of rotatable bonds is 0. The largest absolute Gasteiger partial charge is 0.315 e. The minimum atomic E-state index is -0.278. The summed E-state index contributed by atoms with van der Waals surface area (Å²) in [6, 6.07) is 0. The van der Waals surface area contributed by atoms with Gasteiger partial charge in [-0.2, -0.15) is 0 Å². The second-order valence-electron chi connectivity index (χ2n) is 2.60. The summed E-state index contributed by atoms with van der Waals surface area (Å²) in [4.78, 5) is 0. The summed E-state index contributed by atoms with van der Waals surface area (Å²) in [7, 11) is 0. The third kappa shape index (κ3) is 1.64. The molecule has 58 valence electrons. The Hall–Kier alpha value is 1.12. The van der Waals surface area contributed by atoms with Crippen LogP contribution < -0.4 is 11.5 Å². The second-order valence-corrected chi connectivity index (χ2v) is 6.45. The first-order valence-electron chi connectivity index (χ1n) is 3.06. The van der Waals surface area contributed by atoms with Crippen molar-refractivity contribution in [1.82, 2.24) is 0 Å². The lowest BCUT2D eigenvalue weighted by atomic mass is 9.98. The van der Waals surface area contributed by atoms with Crippen molar-refractivity contribution >= 4 is 45.2 Å². The summed E-state index contributed by atoms with van der Waals surface area (Å²) in [5, 5.41) is 0. The van der Waals surface area contributed by atoms with Crippen LogP contribution >= 0.6 is 45.2 Å². The van der Waals surface area contributed by atoms with E-state index in [4.69, 9.17) is 11.5 Å². The Morgan fingerprint density at radius 3 is 1.50 bits per heavy atom. The number of hydrogen-bond donors (Lipinski definition) is 2. The fourth-order valence-corrected chi connectivity index (χ4v) is 1.80. The van der Waals surface area contributed by atoms with Crippen LogP contribution in [0.15, 0.2) is 12.2 Å². The Morgan fingerprint density at radius 2 is 1.30 bits per heavy atom. The maximum absolute atomic E-state index is 5.96. The standard InChI is InChI=1S/C6H10I2N2/c7-5(9)3-1-2-4-6(5,8)10/h1-2H,3-4,9-10H2/t5-,6-/m1/s1. The fraction of sp³-hybridized carbons (Fsp3) is 0.667. The van der Waals surface area contributed by atoms with Gasteiger partial charge in [0.2, 0.25) is 0 Å². The molecule has 0 heterocycles. The number of nitrogens with two attached hydrogens (primary N) is 2. The van der Waals surface area contributed by atoms with E-state index in [0.717, 1.165) is 12.8 Å². The zero-order chi connectivity index (χ0) is 7.83. The molecule has 0 radical (unpaired) electrons. The molecule has 0 fully saturated rings. The molecule has 0 saturated carbocycles. The molecule has 0 spiro atoms. The predicted molar refractivity (Wildman–Crippen MR) is 60.3 cm³/mol. The molecular formula is C6H10I2N2. The molecule has 1 aliphatic carbocycles. The molecule has 0 aliphatic heterocycles. The minimum Gasteiger partial charge on any atom is -0.315 e. The quantitative estimate of drug-likeness (QED) is 0.297. The summed E-state index contributed by atoms with van der Waals surface area (Å²) in [5.74, 6) is 0. The molecule has 2 nitrogen and oxygen atoms in total. The molecule has 0 amide bonds. The lowest BCUT2D eigenvalue weighted by molar-refractivity contribution is 0.475. The molecule has 1 rings (SSSR count). The molecule has 0 aromatic carbocycles. The Morgan fingerprint density at radius 1 is 1.00 bits per heavy atom. The Kier molecular flexibility index (Phi) is 2.64. The average molecular weight is 364 g/mol. The van der Waals surface area contributed by atoms with Crippen LogP contribution in [0.4, 0.5) is 0 Å².